The van der Waals surface area contributed by atoms with Crippen LogP contribution >= 0.6 is 0 Å². The van der Waals surface area contributed by atoms with Gasteiger partial charge < -0.3 is 4.74 Å². The molecule has 1 aliphatic carbocycles. The largest absolute Gasteiger partial charge is 0.360 e. The van der Waals surface area contributed by atoms with E-state index in [1.165, 1.54) is 61.9 Å². The molecular formula is C26H29F2NO. The minimum atomic E-state index is -3.25. The molecule has 3 rings (SSSR count). The first-order chi connectivity index (χ1) is 14.5. The van der Waals surface area contributed by atoms with Gasteiger partial charge in [0.15, 0.2) is 0 Å². The molecule has 0 bridgehead atoms. The second-order valence-corrected chi connectivity index (χ2v) is 8.24. The average molecular weight is 410 g/mol. The van der Waals surface area contributed by atoms with Crippen LogP contribution in [0.5, 0.6) is 0 Å². The predicted molar refractivity (Wildman–Crippen MR) is 115 cm³/mol. The fraction of sp³-hybridized carbons (Fsp3) is 0.423. The highest BCUT2D eigenvalue weighted by Crippen LogP contribution is 2.37. The minimum Gasteiger partial charge on any atom is -0.315 e. The Hall–Kier alpha value is -2.51. The van der Waals surface area contributed by atoms with Gasteiger partial charge in [0.05, 0.1) is 24.7 Å². The summed E-state index contributed by atoms with van der Waals surface area (Å²) in [6.07, 6.45) is 5.48. The van der Waals surface area contributed by atoms with E-state index in [1.54, 1.807) is 0 Å². The van der Waals surface area contributed by atoms with Crippen LogP contribution in [0.1, 0.15) is 66.7 Å². The highest BCUT2D eigenvalue weighted by molar-refractivity contribution is 5.32. The first-order valence-corrected chi connectivity index (χ1v) is 10.7. The maximum atomic E-state index is 14.2. The number of benzene rings is 2. The Morgan fingerprint density at radius 3 is 2.23 bits per heavy atom. The van der Waals surface area contributed by atoms with Gasteiger partial charge in [-0.05, 0) is 79.2 Å². The second kappa shape index (κ2) is 10.5. The van der Waals surface area contributed by atoms with Crippen LogP contribution in [0.15, 0.2) is 61.2 Å². The predicted octanol–water partition coefficient (Wildman–Crippen LogP) is 7.15. The summed E-state index contributed by atoms with van der Waals surface area (Å²) in [5.41, 5.74) is 2.94. The van der Waals surface area contributed by atoms with Gasteiger partial charge in [-0.2, -0.15) is 14.0 Å². The standard InChI is InChI=1S/C26H29F2NO/c1-2-3-4-20-9-13-24(14-10-20)25-15-11-23(12-16-25)19-30-26(27,28)17-21-5-7-22(18-29)8-6-21/h2,5-8,11-12,15-16,20,24H,1,3-4,9-10,13-14,17,19H2. The number of hydrogen-bond acceptors (Lipinski definition) is 2. The van der Waals surface area contributed by atoms with Crippen molar-refractivity contribution in [2.24, 2.45) is 5.92 Å². The van der Waals surface area contributed by atoms with Crippen molar-refractivity contribution < 1.29 is 13.5 Å². The lowest BCUT2D eigenvalue weighted by molar-refractivity contribution is -0.244. The van der Waals surface area contributed by atoms with Crippen molar-refractivity contribution >= 4 is 0 Å². The zero-order valence-electron chi connectivity index (χ0n) is 17.3. The topological polar surface area (TPSA) is 33.0 Å². The molecule has 0 radical (unpaired) electrons. The minimum absolute atomic E-state index is 0.127. The van der Waals surface area contributed by atoms with E-state index in [0.29, 0.717) is 17.0 Å². The van der Waals surface area contributed by atoms with Gasteiger partial charge in [-0.15, -0.1) is 6.58 Å². The number of rotatable bonds is 9. The Balaban J connectivity index is 1.48. The summed E-state index contributed by atoms with van der Waals surface area (Å²) in [5, 5.41) is 8.79. The number of halogens is 2. The summed E-state index contributed by atoms with van der Waals surface area (Å²) in [6, 6.07) is 16.1. The first-order valence-electron chi connectivity index (χ1n) is 10.7. The van der Waals surface area contributed by atoms with Gasteiger partial charge in [0.25, 0.3) is 0 Å². The molecule has 0 amide bonds. The van der Waals surface area contributed by atoms with Crippen molar-refractivity contribution in [2.45, 2.75) is 63.6 Å². The highest BCUT2D eigenvalue weighted by atomic mass is 19.3. The van der Waals surface area contributed by atoms with Crippen LogP contribution in [0.2, 0.25) is 0 Å². The molecule has 0 saturated heterocycles. The number of nitriles is 1. The number of nitrogens with zero attached hydrogens (tertiary/aromatic N) is 1. The number of hydrogen-bond donors (Lipinski definition) is 0. The molecule has 158 valence electrons. The number of alkyl halides is 2. The van der Waals surface area contributed by atoms with E-state index in [0.717, 1.165) is 17.9 Å². The molecule has 0 aliphatic heterocycles. The van der Waals surface area contributed by atoms with E-state index >= 15 is 0 Å². The van der Waals surface area contributed by atoms with E-state index < -0.39 is 12.5 Å². The van der Waals surface area contributed by atoms with Crippen LogP contribution in [0.4, 0.5) is 8.78 Å². The van der Waals surface area contributed by atoms with Crippen LogP contribution in [-0.4, -0.2) is 6.11 Å². The summed E-state index contributed by atoms with van der Waals surface area (Å²) in [5.74, 6) is 1.38. The Labute approximate surface area is 178 Å². The molecule has 2 aromatic carbocycles. The summed E-state index contributed by atoms with van der Waals surface area (Å²) in [4.78, 5) is 0. The van der Waals surface area contributed by atoms with Gasteiger partial charge in [-0.1, -0.05) is 42.5 Å². The van der Waals surface area contributed by atoms with Crippen molar-refractivity contribution in [3.05, 3.63) is 83.4 Å². The van der Waals surface area contributed by atoms with Gasteiger partial charge >= 0.3 is 6.11 Å². The summed E-state index contributed by atoms with van der Waals surface area (Å²) in [6.45, 7) is 3.68. The lowest BCUT2D eigenvalue weighted by atomic mass is 9.77. The molecule has 2 nitrogen and oxygen atoms in total. The van der Waals surface area contributed by atoms with E-state index in [9.17, 15) is 8.78 Å². The van der Waals surface area contributed by atoms with Gasteiger partial charge in [-0.3, -0.25) is 0 Å². The molecule has 2 aromatic rings. The van der Waals surface area contributed by atoms with Gasteiger partial charge in [0.2, 0.25) is 0 Å². The Bertz CT molecular complexity index is 844. The molecule has 1 aliphatic rings. The van der Waals surface area contributed by atoms with Crippen molar-refractivity contribution in [1.29, 1.82) is 5.26 Å². The zero-order chi connectivity index (χ0) is 21.4. The maximum absolute atomic E-state index is 14.2. The molecule has 1 fully saturated rings. The van der Waals surface area contributed by atoms with Crippen LogP contribution in [0.25, 0.3) is 0 Å². The number of ether oxygens (including phenoxy) is 1. The third-order valence-electron chi connectivity index (χ3n) is 6.02. The molecular weight excluding hydrogens is 380 g/mol. The van der Waals surface area contributed by atoms with Crippen molar-refractivity contribution in [1.82, 2.24) is 0 Å². The van der Waals surface area contributed by atoms with Gasteiger partial charge in [0, 0.05) is 0 Å². The zero-order valence-corrected chi connectivity index (χ0v) is 17.3. The Morgan fingerprint density at radius 1 is 1.00 bits per heavy atom. The fourth-order valence-corrected chi connectivity index (χ4v) is 4.20. The van der Waals surface area contributed by atoms with Crippen molar-refractivity contribution in [3.8, 4) is 6.07 Å². The molecule has 0 unspecified atom stereocenters. The monoisotopic (exact) mass is 409 g/mol. The molecule has 0 N–H and O–H groups in total. The summed E-state index contributed by atoms with van der Waals surface area (Å²) < 4.78 is 33.3. The molecule has 0 atom stereocenters. The summed E-state index contributed by atoms with van der Waals surface area (Å²) in [7, 11) is 0. The smallest absolute Gasteiger partial charge is 0.315 e. The van der Waals surface area contributed by atoms with E-state index in [2.05, 4.69) is 18.7 Å². The quantitative estimate of drug-likeness (QED) is 0.412. The van der Waals surface area contributed by atoms with Crippen LogP contribution < -0.4 is 0 Å². The van der Waals surface area contributed by atoms with E-state index in [4.69, 9.17) is 10.00 Å². The normalized spacial score (nSPS) is 19.2. The molecule has 0 heterocycles. The molecule has 0 spiro atoms. The first kappa shape index (κ1) is 22.2. The fourth-order valence-electron chi connectivity index (χ4n) is 4.20. The molecule has 0 aromatic heterocycles. The van der Waals surface area contributed by atoms with Crippen LogP contribution in [-0.2, 0) is 17.8 Å². The van der Waals surface area contributed by atoms with Gasteiger partial charge in [-0.25, -0.2) is 0 Å². The highest BCUT2D eigenvalue weighted by Gasteiger charge is 2.30. The lowest BCUT2D eigenvalue weighted by Gasteiger charge is -2.28. The summed E-state index contributed by atoms with van der Waals surface area (Å²) >= 11 is 0. The Morgan fingerprint density at radius 2 is 1.63 bits per heavy atom. The van der Waals surface area contributed by atoms with Crippen LogP contribution in [0, 0.1) is 17.2 Å². The molecule has 4 heteroatoms. The maximum Gasteiger partial charge on any atom is 0.360 e. The average Bonchev–Trinajstić information content (AvgIpc) is 2.77. The second-order valence-electron chi connectivity index (χ2n) is 8.24. The lowest BCUT2D eigenvalue weighted by Crippen LogP contribution is -2.23. The van der Waals surface area contributed by atoms with E-state index in [-0.39, 0.29) is 6.61 Å². The van der Waals surface area contributed by atoms with Crippen LogP contribution in [0.3, 0.4) is 0 Å². The van der Waals surface area contributed by atoms with Crippen molar-refractivity contribution in [2.75, 3.05) is 0 Å². The Kier molecular flexibility index (Phi) is 7.76. The number of allylic oxidation sites excluding steroid dienone is 1. The van der Waals surface area contributed by atoms with Gasteiger partial charge in [0.1, 0.15) is 0 Å². The SMILES string of the molecule is C=CCCC1CCC(c2ccc(COC(F)(F)Cc3ccc(C#N)cc3)cc2)CC1. The molecule has 1 saturated carbocycles. The third-order valence-corrected chi connectivity index (χ3v) is 6.02. The van der Waals surface area contributed by atoms with Crippen molar-refractivity contribution in [3.63, 3.8) is 0 Å². The third kappa shape index (κ3) is 6.50. The van der Waals surface area contributed by atoms with E-state index in [1.807, 2.05) is 24.3 Å². The molecule has 30 heavy (non-hydrogen) atoms.